The molecule has 30 heavy (non-hydrogen) atoms. The lowest BCUT2D eigenvalue weighted by atomic mass is 10.0. The topological polar surface area (TPSA) is 131 Å². The van der Waals surface area contributed by atoms with Crippen molar-refractivity contribution in [1.29, 1.82) is 0 Å². The Balaban J connectivity index is 1.98. The largest absolute Gasteiger partial charge is 0.445 e. The summed E-state index contributed by atoms with van der Waals surface area (Å²) in [6.07, 6.45) is -1.90. The van der Waals surface area contributed by atoms with E-state index in [1.807, 2.05) is 37.3 Å². The lowest BCUT2D eigenvalue weighted by Crippen LogP contribution is -2.57. The number of carbonyl (C=O) groups is 3. The molecule has 0 aliphatic carbocycles. The summed E-state index contributed by atoms with van der Waals surface area (Å²) in [6.45, 7) is 3.27. The first-order valence-corrected chi connectivity index (χ1v) is 9.56. The lowest BCUT2D eigenvalue weighted by molar-refractivity contribution is -0.130. The van der Waals surface area contributed by atoms with Crippen LogP contribution in [0.3, 0.4) is 0 Å². The SMILES string of the molecule is Cc1cccc(C[C@@H](NC(=O)[C@@H](NC(=O)OCc2ccccc2)[C@@H](C)O)C(N)=O)c1. The molecule has 5 N–H and O–H groups in total. The Morgan fingerprint density at radius 3 is 2.30 bits per heavy atom. The second-order valence-corrected chi connectivity index (χ2v) is 7.08. The highest BCUT2D eigenvalue weighted by molar-refractivity contribution is 5.91. The number of alkyl carbamates (subject to hydrolysis) is 1. The van der Waals surface area contributed by atoms with Gasteiger partial charge in [-0.25, -0.2) is 4.79 Å². The number of hydrogen-bond donors (Lipinski definition) is 4. The van der Waals surface area contributed by atoms with Gasteiger partial charge in [0, 0.05) is 6.42 Å². The molecule has 2 aromatic rings. The Morgan fingerprint density at radius 2 is 1.70 bits per heavy atom. The van der Waals surface area contributed by atoms with Gasteiger partial charge in [0.1, 0.15) is 18.7 Å². The fourth-order valence-corrected chi connectivity index (χ4v) is 2.86. The molecule has 0 saturated heterocycles. The van der Waals surface area contributed by atoms with Crippen molar-refractivity contribution in [3.8, 4) is 0 Å². The number of primary amides is 1. The first-order valence-electron chi connectivity index (χ1n) is 9.56. The van der Waals surface area contributed by atoms with Gasteiger partial charge in [0.25, 0.3) is 0 Å². The standard InChI is InChI=1S/C22H27N3O5/c1-14-7-6-10-17(11-14)12-18(20(23)27)24-21(28)19(15(2)26)25-22(29)30-13-16-8-4-3-5-9-16/h3-11,15,18-19,26H,12-13H2,1-2H3,(H2,23,27)(H,24,28)(H,25,29)/t15-,18-,19+/m1/s1. The number of nitrogens with one attached hydrogen (secondary N) is 2. The van der Waals surface area contributed by atoms with Crippen molar-refractivity contribution in [2.75, 3.05) is 0 Å². The molecular weight excluding hydrogens is 386 g/mol. The third-order valence-corrected chi connectivity index (χ3v) is 4.43. The van der Waals surface area contributed by atoms with E-state index in [9.17, 15) is 19.5 Å². The van der Waals surface area contributed by atoms with Gasteiger partial charge in [0.2, 0.25) is 11.8 Å². The van der Waals surface area contributed by atoms with Crippen LogP contribution < -0.4 is 16.4 Å². The minimum absolute atomic E-state index is 0.0120. The zero-order valence-electron chi connectivity index (χ0n) is 17.0. The van der Waals surface area contributed by atoms with Gasteiger partial charge in [0.15, 0.2) is 0 Å². The first-order chi connectivity index (χ1) is 14.3. The summed E-state index contributed by atoms with van der Waals surface area (Å²) in [6, 6.07) is 14.2. The van der Waals surface area contributed by atoms with Crippen LogP contribution in [0, 0.1) is 6.92 Å². The summed E-state index contributed by atoms with van der Waals surface area (Å²) in [5, 5.41) is 14.8. The average Bonchev–Trinajstić information content (AvgIpc) is 2.70. The van der Waals surface area contributed by atoms with Crippen molar-refractivity contribution in [3.05, 3.63) is 71.3 Å². The van der Waals surface area contributed by atoms with Crippen molar-refractivity contribution in [2.24, 2.45) is 5.73 Å². The number of ether oxygens (including phenoxy) is 1. The van der Waals surface area contributed by atoms with E-state index in [-0.39, 0.29) is 13.0 Å². The summed E-state index contributed by atoms with van der Waals surface area (Å²) in [4.78, 5) is 36.5. The van der Waals surface area contributed by atoms with Crippen LogP contribution in [-0.4, -0.2) is 41.2 Å². The van der Waals surface area contributed by atoms with Crippen molar-refractivity contribution in [3.63, 3.8) is 0 Å². The molecule has 2 aromatic carbocycles. The summed E-state index contributed by atoms with van der Waals surface area (Å²) in [5.74, 6) is -1.46. The van der Waals surface area contributed by atoms with Crippen molar-refractivity contribution in [2.45, 2.75) is 45.1 Å². The molecule has 0 aromatic heterocycles. The molecule has 8 nitrogen and oxygen atoms in total. The molecular formula is C22H27N3O5. The zero-order chi connectivity index (χ0) is 22.1. The van der Waals surface area contributed by atoms with Crippen LogP contribution in [0.5, 0.6) is 0 Å². The maximum absolute atomic E-state index is 12.6. The van der Waals surface area contributed by atoms with Gasteiger partial charge in [0.05, 0.1) is 6.10 Å². The van der Waals surface area contributed by atoms with Crippen molar-refractivity contribution in [1.82, 2.24) is 10.6 Å². The number of aliphatic hydroxyl groups excluding tert-OH is 1. The monoisotopic (exact) mass is 413 g/mol. The molecule has 0 radical (unpaired) electrons. The minimum atomic E-state index is -1.31. The molecule has 0 bridgehead atoms. The second kappa shape index (κ2) is 11.0. The maximum Gasteiger partial charge on any atom is 0.408 e. The molecule has 0 aliphatic heterocycles. The fraction of sp³-hybridized carbons (Fsp3) is 0.318. The Bertz CT molecular complexity index is 870. The molecule has 2 rings (SSSR count). The van der Waals surface area contributed by atoms with E-state index in [0.29, 0.717) is 0 Å². The minimum Gasteiger partial charge on any atom is -0.445 e. The predicted octanol–water partition coefficient (Wildman–Crippen LogP) is 1.18. The zero-order valence-corrected chi connectivity index (χ0v) is 17.0. The van der Waals surface area contributed by atoms with Gasteiger partial charge in [-0.1, -0.05) is 60.2 Å². The van der Waals surface area contributed by atoms with Gasteiger partial charge in [-0.3, -0.25) is 9.59 Å². The van der Waals surface area contributed by atoms with Crippen molar-refractivity contribution >= 4 is 17.9 Å². The van der Waals surface area contributed by atoms with Crippen molar-refractivity contribution < 1.29 is 24.2 Å². The van der Waals surface area contributed by atoms with E-state index in [4.69, 9.17) is 10.5 Å². The van der Waals surface area contributed by atoms with Gasteiger partial charge in [-0.15, -0.1) is 0 Å². The maximum atomic E-state index is 12.6. The summed E-state index contributed by atoms with van der Waals surface area (Å²) in [5.41, 5.74) is 8.04. The quantitative estimate of drug-likeness (QED) is 0.490. The smallest absolute Gasteiger partial charge is 0.408 e. The molecule has 8 heteroatoms. The molecule has 3 atom stereocenters. The Kier molecular flexibility index (Phi) is 8.37. The number of hydrogen-bond acceptors (Lipinski definition) is 5. The van der Waals surface area contributed by atoms with Gasteiger partial charge in [-0.2, -0.15) is 0 Å². The number of aliphatic hydroxyl groups is 1. The van der Waals surface area contributed by atoms with E-state index >= 15 is 0 Å². The van der Waals surface area contributed by atoms with Gasteiger partial charge >= 0.3 is 6.09 Å². The van der Waals surface area contributed by atoms with Crippen LogP contribution in [0.4, 0.5) is 4.79 Å². The van der Waals surface area contributed by atoms with E-state index in [0.717, 1.165) is 16.7 Å². The fourth-order valence-electron chi connectivity index (χ4n) is 2.86. The third kappa shape index (κ3) is 7.21. The number of carbonyl (C=O) groups excluding carboxylic acids is 3. The normalized spacial score (nSPS) is 13.6. The van der Waals surface area contributed by atoms with Crippen LogP contribution in [0.25, 0.3) is 0 Å². The number of amides is 3. The molecule has 0 unspecified atom stereocenters. The highest BCUT2D eigenvalue weighted by Crippen LogP contribution is 2.08. The van der Waals surface area contributed by atoms with E-state index in [2.05, 4.69) is 10.6 Å². The number of benzene rings is 2. The molecule has 0 saturated carbocycles. The third-order valence-electron chi connectivity index (χ3n) is 4.43. The second-order valence-electron chi connectivity index (χ2n) is 7.08. The number of rotatable bonds is 9. The first kappa shape index (κ1) is 22.9. The van der Waals surface area contributed by atoms with E-state index in [1.165, 1.54) is 6.92 Å². The Morgan fingerprint density at radius 1 is 1.03 bits per heavy atom. The summed E-state index contributed by atoms with van der Waals surface area (Å²) in [7, 11) is 0. The van der Waals surface area contributed by atoms with Crippen LogP contribution in [0.1, 0.15) is 23.6 Å². The van der Waals surface area contributed by atoms with E-state index in [1.54, 1.807) is 24.3 Å². The van der Waals surface area contributed by atoms with Crippen LogP contribution in [0.2, 0.25) is 0 Å². The average molecular weight is 413 g/mol. The molecule has 0 heterocycles. The number of aryl methyl sites for hydroxylation is 1. The molecule has 160 valence electrons. The lowest BCUT2D eigenvalue weighted by Gasteiger charge is -2.23. The highest BCUT2D eigenvalue weighted by Gasteiger charge is 2.29. The van der Waals surface area contributed by atoms with Crippen LogP contribution >= 0.6 is 0 Å². The Labute approximate surface area is 175 Å². The van der Waals surface area contributed by atoms with Crippen LogP contribution in [0.15, 0.2) is 54.6 Å². The van der Waals surface area contributed by atoms with Gasteiger partial charge < -0.3 is 26.2 Å². The Hall–Kier alpha value is -3.39. The molecule has 3 amide bonds. The summed E-state index contributed by atoms with van der Waals surface area (Å²) < 4.78 is 5.09. The van der Waals surface area contributed by atoms with Gasteiger partial charge in [-0.05, 0) is 25.0 Å². The molecule has 0 fully saturated rings. The molecule has 0 aliphatic rings. The molecule has 0 spiro atoms. The number of nitrogens with two attached hydrogens (primary N) is 1. The van der Waals surface area contributed by atoms with E-state index < -0.39 is 36.1 Å². The predicted molar refractivity (Wildman–Crippen MR) is 111 cm³/mol. The highest BCUT2D eigenvalue weighted by atomic mass is 16.5. The summed E-state index contributed by atoms with van der Waals surface area (Å²) >= 11 is 0. The van der Waals surface area contributed by atoms with Crippen LogP contribution in [-0.2, 0) is 27.4 Å².